The number of hydrogen-bond acceptors (Lipinski definition) is 4. The van der Waals surface area contributed by atoms with Gasteiger partial charge in [0, 0.05) is 13.1 Å². The molecule has 4 heteroatoms. The van der Waals surface area contributed by atoms with Gasteiger partial charge in [-0.1, -0.05) is 25.0 Å². The monoisotopic (exact) mass is 340 g/mol. The van der Waals surface area contributed by atoms with Gasteiger partial charge >= 0.3 is 5.97 Å². The van der Waals surface area contributed by atoms with Crippen LogP contribution in [0.1, 0.15) is 56.6 Å². The summed E-state index contributed by atoms with van der Waals surface area (Å²) in [5.74, 6) is 0.184. The molecular weight excluding hydrogens is 312 g/mol. The van der Waals surface area contributed by atoms with Gasteiger partial charge in [-0.2, -0.15) is 5.26 Å². The van der Waals surface area contributed by atoms with E-state index in [0.29, 0.717) is 11.5 Å². The van der Waals surface area contributed by atoms with E-state index < -0.39 is 5.41 Å². The number of hydrogen-bond donors (Lipinski definition) is 0. The highest BCUT2D eigenvalue weighted by atomic mass is 16.5. The Bertz CT molecular complexity index is 652. The molecule has 0 amide bonds. The second-order valence-electron chi connectivity index (χ2n) is 7.78. The molecular formula is C21H28N2O2. The van der Waals surface area contributed by atoms with Crippen LogP contribution in [0.2, 0.25) is 0 Å². The first kappa shape index (κ1) is 17.9. The molecule has 1 atom stereocenters. The molecule has 0 radical (unpaired) electrons. The summed E-state index contributed by atoms with van der Waals surface area (Å²) in [6, 6.07) is 9.72. The largest absolute Gasteiger partial charge is 0.462 e. The van der Waals surface area contributed by atoms with Crippen LogP contribution in [-0.2, 0) is 14.9 Å². The van der Waals surface area contributed by atoms with Crippen molar-refractivity contribution in [2.45, 2.75) is 57.0 Å². The summed E-state index contributed by atoms with van der Waals surface area (Å²) in [7, 11) is 2.11. The number of nitriles is 1. The number of esters is 1. The highest BCUT2D eigenvalue weighted by Gasteiger charge is 2.46. The number of piperidine rings is 1. The normalized spacial score (nSPS) is 22.3. The molecule has 1 aliphatic carbocycles. The number of rotatable bonds is 4. The molecule has 0 N–H and O–H groups in total. The molecule has 0 bridgehead atoms. The van der Waals surface area contributed by atoms with Crippen molar-refractivity contribution in [1.82, 2.24) is 4.90 Å². The van der Waals surface area contributed by atoms with Gasteiger partial charge in [0.25, 0.3) is 0 Å². The third-order valence-electron chi connectivity index (χ3n) is 6.13. The second kappa shape index (κ2) is 7.58. The molecule has 25 heavy (non-hydrogen) atoms. The van der Waals surface area contributed by atoms with Crippen molar-refractivity contribution >= 4 is 5.97 Å². The fraction of sp³-hybridized carbons (Fsp3) is 0.619. The van der Waals surface area contributed by atoms with Gasteiger partial charge in [0.15, 0.2) is 0 Å². The maximum Gasteiger partial charge on any atom is 0.316 e. The molecule has 1 saturated heterocycles. The van der Waals surface area contributed by atoms with Gasteiger partial charge in [0.1, 0.15) is 6.10 Å². The van der Waals surface area contributed by atoms with Gasteiger partial charge in [-0.15, -0.1) is 0 Å². The number of ether oxygens (including phenoxy) is 1. The lowest BCUT2D eigenvalue weighted by Crippen LogP contribution is -2.44. The number of carbonyl (C=O) groups excluding carboxylic acids is 1. The molecule has 1 aliphatic heterocycles. The zero-order chi connectivity index (χ0) is 17.9. The SMILES string of the molecule is CN1CCC(OC(=O)C(C)(c2cccc(C#N)c2)C2CCCC2)CC1. The topological polar surface area (TPSA) is 53.3 Å². The third-order valence-corrected chi connectivity index (χ3v) is 6.13. The van der Waals surface area contributed by atoms with Crippen LogP contribution in [0.5, 0.6) is 0 Å². The van der Waals surface area contributed by atoms with Crippen LogP contribution in [0.4, 0.5) is 0 Å². The first-order valence-electron chi connectivity index (χ1n) is 9.44. The van der Waals surface area contributed by atoms with E-state index in [1.54, 1.807) is 6.07 Å². The smallest absolute Gasteiger partial charge is 0.316 e. The predicted molar refractivity (Wildman–Crippen MR) is 97.1 cm³/mol. The lowest BCUT2D eigenvalue weighted by atomic mass is 9.70. The summed E-state index contributed by atoms with van der Waals surface area (Å²) < 4.78 is 6.00. The van der Waals surface area contributed by atoms with Crippen molar-refractivity contribution in [2.75, 3.05) is 20.1 Å². The van der Waals surface area contributed by atoms with E-state index in [2.05, 4.69) is 18.0 Å². The highest BCUT2D eigenvalue weighted by molar-refractivity contribution is 5.83. The Hall–Kier alpha value is -1.86. The van der Waals surface area contributed by atoms with Crippen LogP contribution in [0.3, 0.4) is 0 Å². The molecule has 1 saturated carbocycles. The highest BCUT2D eigenvalue weighted by Crippen LogP contribution is 2.43. The minimum absolute atomic E-state index is 0.0172. The first-order valence-corrected chi connectivity index (χ1v) is 9.44. The van der Waals surface area contributed by atoms with Crippen LogP contribution >= 0.6 is 0 Å². The molecule has 4 nitrogen and oxygen atoms in total. The average Bonchev–Trinajstić information content (AvgIpc) is 3.18. The van der Waals surface area contributed by atoms with E-state index in [0.717, 1.165) is 44.3 Å². The Labute approximate surface area is 150 Å². The standard InChI is InChI=1S/C21H28N2O2/c1-21(17-7-3-4-8-17,18-9-5-6-16(14-18)15-22)20(24)25-19-10-12-23(2)13-11-19/h5-6,9,14,17,19H,3-4,7-8,10-13H2,1-2H3. The van der Waals surface area contributed by atoms with Gasteiger partial charge in [0.05, 0.1) is 17.0 Å². The molecule has 1 aromatic rings. The minimum Gasteiger partial charge on any atom is -0.462 e. The van der Waals surface area contributed by atoms with Gasteiger partial charge in [-0.25, -0.2) is 0 Å². The zero-order valence-corrected chi connectivity index (χ0v) is 15.3. The maximum absolute atomic E-state index is 13.3. The summed E-state index contributed by atoms with van der Waals surface area (Å²) in [4.78, 5) is 15.6. The van der Waals surface area contributed by atoms with Crippen LogP contribution in [0.15, 0.2) is 24.3 Å². The van der Waals surface area contributed by atoms with Crippen molar-refractivity contribution in [3.63, 3.8) is 0 Å². The van der Waals surface area contributed by atoms with Crippen molar-refractivity contribution in [3.05, 3.63) is 35.4 Å². The summed E-state index contributed by atoms with van der Waals surface area (Å²) in [5.41, 5.74) is 0.873. The Morgan fingerprint density at radius 1 is 1.24 bits per heavy atom. The van der Waals surface area contributed by atoms with Gasteiger partial charge in [0.2, 0.25) is 0 Å². The van der Waals surface area contributed by atoms with Gasteiger partial charge < -0.3 is 9.64 Å². The van der Waals surface area contributed by atoms with Crippen molar-refractivity contribution in [2.24, 2.45) is 5.92 Å². The third kappa shape index (κ3) is 3.72. The number of benzene rings is 1. The molecule has 1 heterocycles. The Balaban J connectivity index is 1.85. The van der Waals surface area contributed by atoms with E-state index in [4.69, 9.17) is 4.74 Å². The van der Waals surface area contributed by atoms with E-state index in [1.165, 1.54) is 12.8 Å². The van der Waals surface area contributed by atoms with Crippen molar-refractivity contribution < 1.29 is 9.53 Å². The lowest BCUT2D eigenvalue weighted by Gasteiger charge is -2.37. The van der Waals surface area contributed by atoms with Crippen LogP contribution in [0, 0.1) is 17.2 Å². The molecule has 1 unspecified atom stereocenters. The summed E-state index contributed by atoms with van der Waals surface area (Å²) in [6.07, 6.45) is 6.26. The molecule has 2 fully saturated rings. The van der Waals surface area contributed by atoms with Crippen LogP contribution in [-0.4, -0.2) is 37.1 Å². The Morgan fingerprint density at radius 3 is 2.56 bits per heavy atom. The molecule has 134 valence electrons. The summed E-state index contributed by atoms with van der Waals surface area (Å²) in [6.45, 7) is 3.97. The fourth-order valence-corrected chi connectivity index (χ4v) is 4.31. The predicted octanol–water partition coefficient (Wildman–Crippen LogP) is 3.64. The van der Waals surface area contributed by atoms with E-state index >= 15 is 0 Å². The van der Waals surface area contributed by atoms with E-state index in [1.807, 2.05) is 25.1 Å². The van der Waals surface area contributed by atoms with Crippen LogP contribution in [0.25, 0.3) is 0 Å². The summed E-state index contributed by atoms with van der Waals surface area (Å²) in [5, 5.41) is 9.25. The van der Waals surface area contributed by atoms with Gasteiger partial charge in [-0.3, -0.25) is 4.79 Å². The number of carbonyl (C=O) groups is 1. The minimum atomic E-state index is -0.660. The van der Waals surface area contributed by atoms with Crippen molar-refractivity contribution in [1.29, 1.82) is 5.26 Å². The number of nitrogens with zero attached hydrogens (tertiary/aromatic N) is 2. The second-order valence-corrected chi connectivity index (χ2v) is 7.78. The van der Waals surface area contributed by atoms with Gasteiger partial charge in [-0.05, 0) is 63.3 Å². The summed E-state index contributed by atoms with van der Waals surface area (Å²) >= 11 is 0. The molecule has 3 rings (SSSR count). The molecule has 0 spiro atoms. The maximum atomic E-state index is 13.3. The first-order chi connectivity index (χ1) is 12.0. The van der Waals surface area contributed by atoms with E-state index in [9.17, 15) is 10.1 Å². The Kier molecular flexibility index (Phi) is 5.44. The molecule has 0 aromatic heterocycles. The van der Waals surface area contributed by atoms with Crippen LogP contribution < -0.4 is 0 Å². The van der Waals surface area contributed by atoms with Crippen molar-refractivity contribution in [3.8, 4) is 6.07 Å². The molecule has 1 aromatic carbocycles. The number of likely N-dealkylation sites (tertiary alicyclic amines) is 1. The fourth-order valence-electron chi connectivity index (χ4n) is 4.31. The van der Waals surface area contributed by atoms with E-state index in [-0.39, 0.29) is 12.1 Å². The quantitative estimate of drug-likeness (QED) is 0.785. The molecule has 2 aliphatic rings. The Morgan fingerprint density at radius 2 is 1.92 bits per heavy atom. The zero-order valence-electron chi connectivity index (χ0n) is 15.3. The average molecular weight is 340 g/mol. The lowest BCUT2D eigenvalue weighted by molar-refractivity contribution is -0.160.